The van der Waals surface area contributed by atoms with Gasteiger partial charge >= 0.3 is 8.25 Å². The van der Waals surface area contributed by atoms with Gasteiger partial charge in [0.25, 0.3) is 0 Å². The summed E-state index contributed by atoms with van der Waals surface area (Å²) in [6.45, 7) is 1.78. The van der Waals surface area contributed by atoms with Crippen LogP contribution < -0.4 is 0 Å². The standard InChI is InChI=1S/C5H7N3O.HO3P/c1-2-4(9)5-6-3-7-8-5;1-4(2)3/h3H,2H2,1H3,(H,6,7,8);(H-,1,2,3)/p+1. The van der Waals surface area contributed by atoms with Gasteiger partial charge in [-0.1, -0.05) is 6.92 Å². The van der Waals surface area contributed by atoms with Gasteiger partial charge in [0, 0.05) is 11.0 Å². The van der Waals surface area contributed by atoms with Crippen LogP contribution in [0.3, 0.4) is 0 Å². The number of hydrogen-bond acceptors (Lipinski definition) is 4. The average Bonchev–Trinajstić information content (AvgIpc) is 2.54. The maximum absolute atomic E-state index is 10.7. The number of nitrogens with one attached hydrogen (secondary N) is 1. The number of carbonyl (C=O) groups is 1. The van der Waals surface area contributed by atoms with Gasteiger partial charge in [0.05, 0.1) is 0 Å². The molecule has 0 saturated heterocycles. The Hall–Kier alpha value is -1.17. The number of Topliss-reactive ketones (excluding diaryl/α,β-unsaturated/α-hetero) is 1. The van der Waals surface area contributed by atoms with Crippen molar-refractivity contribution in [2.75, 3.05) is 0 Å². The zero-order valence-electron chi connectivity index (χ0n) is 6.84. The summed E-state index contributed by atoms with van der Waals surface area (Å²) in [4.78, 5) is 28.7. The topological polar surface area (TPSA) is 116 Å². The quantitative estimate of drug-likeness (QED) is 0.464. The molecule has 0 spiro atoms. The lowest BCUT2D eigenvalue weighted by atomic mass is 10.3. The molecule has 0 amide bonds. The fourth-order valence-corrected chi connectivity index (χ4v) is 0.507. The smallest absolute Gasteiger partial charge is 0.291 e. The van der Waals surface area contributed by atoms with Gasteiger partial charge < -0.3 is 0 Å². The van der Waals surface area contributed by atoms with E-state index >= 15 is 0 Å². The van der Waals surface area contributed by atoms with Crippen LogP contribution in [0.15, 0.2) is 6.33 Å². The summed E-state index contributed by atoms with van der Waals surface area (Å²) in [6, 6.07) is 0. The molecule has 8 heteroatoms. The monoisotopic (exact) mass is 206 g/mol. The predicted octanol–water partition coefficient (Wildman–Crippen LogP) is 0.0258. The van der Waals surface area contributed by atoms with E-state index in [-0.39, 0.29) is 5.78 Å². The van der Waals surface area contributed by atoms with Crippen LogP contribution >= 0.6 is 8.25 Å². The number of nitrogens with zero attached hydrogens (tertiary/aromatic N) is 2. The first kappa shape index (κ1) is 11.8. The van der Waals surface area contributed by atoms with Crippen molar-refractivity contribution >= 4 is 14.0 Å². The largest absolute Gasteiger partial charge is 0.692 e. The molecule has 0 aliphatic heterocycles. The Labute approximate surface area is 74.8 Å². The van der Waals surface area contributed by atoms with Crippen molar-refractivity contribution in [3.63, 3.8) is 0 Å². The Bertz CT molecular complexity index is 269. The van der Waals surface area contributed by atoms with Crippen LogP contribution in [0.1, 0.15) is 24.0 Å². The second-order valence-corrected chi connectivity index (χ2v) is 2.37. The van der Waals surface area contributed by atoms with Crippen LogP contribution in [0.5, 0.6) is 0 Å². The number of H-pyrrole nitrogens is 1. The van der Waals surface area contributed by atoms with Gasteiger partial charge in [0.1, 0.15) is 6.33 Å². The van der Waals surface area contributed by atoms with E-state index in [1.807, 2.05) is 0 Å². The van der Waals surface area contributed by atoms with E-state index < -0.39 is 8.25 Å². The van der Waals surface area contributed by atoms with E-state index in [1.165, 1.54) is 6.33 Å². The molecule has 1 heterocycles. The van der Waals surface area contributed by atoms with E-state index in [2.05, 4.69) is 15.2 Å². The Morgan fingerprint density at radius 3 is 2.54 bits per heavy atom. The Morgan fingerprint density at radius 2 is 2.23 bits per heavy atom. The predicted molar refractivity (Wildman–Crippen MR) is 43.0 cm³/mol. The summed E-state index contributed by atoms with van der Waals surface area (Å²) in [5, 5.41) is 6.01. The minimum Gasteiger partial charge on any atom is -0.291 e. The minimum absolute atomic E-state index is 0.00694. The summed E-state index contributed by atoms with van der Waals surface area (Å²) >= 11 is 0. The molecule has 1 rings (SSSR count). The van der Waals surface area contributed by atoms with Crippen LogP contribution in [-0.4, -0.2) is 30.8 Å². The molecule has 0 aliphatic rings. The molecule has 0 aliphatic carbocycles. The van der Waals surface area contributed by atoms with Gasteiger partial charge in [0.15, 0.2) is 11.6 Å². The van der Waals surface area contributed by atoms with Crippen LogP contribution in [0.2, 0.25) is 0 Å². The molecule has 0 aromatic carbocycles. The lowest BCUT2D eigenvalue weighted by Gasteiger charge is -1.84. The van der Waals surface area contributed by atoms with Crippen molar-refractivity contribution in [1.82, 2.24) is 15.2 Å². The van der Waals surface area contributed by atoms with E-state index in [4.69, 9.17) is 14.4 Å². The summed E-state index contributed by atoms with van der Waals surface area (Å²) in [5.74, 6) is 0.338. The number of aromatic nitrogens is 3. The second-order valence-electron chi connectivity index (χ2n) is 1.86. The number of hydrogen-bond donors (Lipinski definition) is 3. The maximum Gasteiger partial charge on any atom is 0.692 e. The maximum atomic E-state index is 10.7. The van der Waals surface area contributed by atoms with Crippen molar-refractivity contribution in [3.05, 3.63) is 12.2 Å². The molecule has 0 radical (unpaired) electrons. The Kier molecular flexibility index (Phi) is 5.79. The fourth-order valence-electron chi connectivity index (χ4n) is 0.507. The molecule has 72 valence electrons. The van der Waals surface area contributed by atoms with Crippen molar-refractivity contribution in [3.8, 4) is 0 Å². The molecular formula is C5H9N3O4P+. The molecule has 1 aromatic rings. The summed E-state index contributed by atoms with van der Waals surface area (Å²) in [7, 11) is -2.87. The molecule has 0 bridgehead atoms. The fraction of sp³-hybridized carbons (Fsp3) is 0.400. The first-order chi connectivity index (χ1) is 6.07. The molecule has 1 aromatic heterocycles. The van der Waals surface area contributed by atoms with Crippen molar-refractivity contribution in [2.24, 2.45) is 0 Å². The Morgan fingerprint density at radius 1 is 1.69 bits per heavy atom. The van der Waals surface area contributed by atoms with Crippen molar-refractivity contribution in [1.29, 1.82) is 0 Å². The molecule has 7 nitrogen and oxygen atoms in total. The van der Waals surface area contributed by atoms with E-state index in [9.17, 15) is 4.79 Å². The highest BCUT2D eigenvalue weighted by Gasteiger charge is 2.03. The molecule has 0 unspecified atom stereocenters. The number of aromatic amines is 1. The first-order valence-corrected chi connectivity index (χ1v) is 4.48. The van der Waals surface area contributed by atoms with Gasteiger partial charge in [0.2, 0.25) is 0 Å². The zero-order chi connectivity index (χ0) is 10.3. The highest BCUT2D eigenvalue weighted by atomic mass is 31.1. The summed E-state index contributed by atoms with van der Waals surface area (Å²) in [6.07, 6.45) is 1.79. The normalized spacial score (nSPS) is 8.54. The lowest BCUT2D eigenvalue weighted by Crippen LogP contribution is -1.98. The van der Waals surface area contributed by atoms with Gasteiger partial charge in [-0.05, 0) is 0 Å². The van der Waals surface area contributed by atoms with Crippen LogP contribution in [-0.2, 0) is 4.57 Å². The zero-order valence-corrected chi connectivity index (χ0v) is 7.73. The average molecular weight is 206 g/mol. The summed E-state index contributed by atoms with van der Waals surface area (Å²) in [5.41, 5.74) is 0. The van der Waals surface area contributed by atoms with Crippen LogP contribution in [0, 0.1) is 0 Å². The van der Waals surface area contributed by atoms with E-state index in [0.717, 1.165) is 0 Å². The van der Waals surface area contributed by atoms with Crippen LogP contribution in [0.25, 0.3) is 0 Å². The SMILES string of the molecule is CCC(=O)c1ncn[nH]1.O=[P+](O)O. The van der Waals surface area contributed by atoms with E-state index in [1.54, 1.807) is 6.92 Å². The third-order valence-corrected chi connectivity index (χ3v) is 1.00. The van der Waals surface area contributed by atoms with Crippen molar-refractivity contribution in [2.45, 2.75) is 13.3 Å². The Balaban J connectivity index is 0.000000310. The summed E-state index contributed by atoms with van der Waals surface area (Å²) < 4.78 is 8.70. The molecule has 0 fully saturated rings. The van der Waals surface area contributed by atoms with Gasteiger partial charge in [-0.25, -0.2) is 4.98 Å². The number of carbonyl (C=O) groups excluding carboxylic acids is 1. The molecular weight excluding hydrogens is 197 g/mol. The van der Waals surface area contributed by atoms with Gasteiger partial charge in [-0.3, -0.25) is 9.89 Å². The third kappa shape index (κ3) is 6.03. The highest BCUT2D eigenvalue weighted by molar-refractivity contribution is 7.30. The van der Waals surface area contributed by atoms with Crippen LogP contribution in [0.4, 0.5) is 0 Å². The molecule has 0 saturated carbocycles. The van der Waals surface area contributed by atoms with Gasteiger partial charge in [-0.2, -0.15) is 5.10 Å². The van der Waals surface area contributed by atoms with E-state index in [0.29, 0.717) is 12.2 Å². The molecule has 3 N–H and O–H groups in total. The number of ketones is 1. The number of rotatable bonds is 2. The lowest BCUT2D eigenvalue weighted by molar-refractivity contribution is 0.0978. The highest BCUT2D eigenvalue weighted by Crippen LogP contribution is 1.98. The second kappa shape index (κ2) is 6.36. The third-order valence-electron chi connectivity index (χ3n) is 1.00. The van der Waals surface area contributed by atoms with Gasteiger partial charge in [-0.15, -0.1) is 9.79 Å². The van der Waals surface area contributed by atoms with Crippen molar-refractivity contribution < 1.29 is 19.1 Å². The minimum atomic E-state index is -2.87. The molecule has 0 atom stereocenters. The molecule has 13 heavy (non-hydrogen) atoms. The first-order valence-electron chi connectivity index (χ1n) is 3.31.